The highest BCUT2D eigenvalue weighted by Gasteiger charge is 2.32. The van der Waals surface area contributed by atoms with Crippen LogP contribution in [0.4, 0.5) is 5.69 Å². The van der Waals surface area contributed by atoms with Crippen molar-refractivity contribution in [2.24, 2.45) is 0 Å². The molecule has 0 spiro atoms. The molecule has 5 heteroatoms. The Hall–Kier alpha value is -2.69. The highest BCUT2D eigenvalue weighted by Crippen LogP contribution is 2.41. The molecule has 2 aromatic carbocycles. The summed E-state index contributed by atoms with van der Waals surface area (Å²) in [4.78, 5) is 12.5. The lowest BCUT2D eigenvalue weighted by molar-refractivity contribution is -0.117. The second kappa shape index (κ2) is 6.43. The molecule has 0 bridgehead atoms. The summed E-state index contributed by atoms with van der Waals surface area (Å²) in [5, 5.41) is 2.99. The molecule has 0 saturated heterocycles. The molecule has 0 aromatic heterocycles. The molecule has 2 aromatic rings. The fourth-order valence-electron chi connectivity index (χ4n) is 3.18. The lowest BCUT2D eigenvalue weighted by Crippen LogP contribution is -2.15. The number of methoxy groups -OCH3 is 3. The van der Waals surface area contributed by atoms with Crippen LogP contribution in [0, 0.1) is 6.92 Å². The predicted molar refractivity (Wildman–Crippen MR) is 92.4 cm³/mol. The van der Waals surface area contributed by atoms with Crippen molar-refractivity contribution < 1.29 is 19.0 Å². The molecule has 1 atom stereocenters. The number of fused-ring (bicyclic) bond motifs is 1. The lowest BCUT2D eigenvalue weighted by atomic mass is 9.91. The van der Waals surface area contributed by atoms with Crippen molar-refractivity contribution in [2.75, 3.05) is 26.6 Å². The molecule has 0 fully saturated rings. The molecule has 1 aliphatic rings. The Balaban J connectivity index is 2.00. The Bertz CT molecular complexity index is 785. The van der Waals surface area contributed by atoms with Gasteiger partial charge in [-0.2, -0.15) is 0 Å². The second-order valence-corrected chi connectivity index (χ2v) is 5.80. The van der Waals surface area contributed by atoms with E-state index in [9.17, 15) is 4.79 Å². The summed E-state index contributed by atoms with van der Waals surface area (Å²) in [5.41, 5.74) is 3.93. The van der Waals surface area contributed by atoms with Crippen molar-refractivity contribution >= 4 is 11.6 Å². The van der Waals surface area contributed by atoms with Gasteiger partial charge in [-0.05, 0) is 36.1 Å². The molecule has 0 saturated carbocycles. The van der Waals surface area contributed by atoms with Gasteiger partial charge in [0.15, 0.2) is 11.5 Å². The van der Waals surface area contributed by atoms with Crippen LogP contribution in [0.15, 0.2) is 30.3 Å². The molecule has 1 N–H and O–H groups in total. The average Bonchev–Trinajstić information content (AvgIpc) is 2.92. The van der Waals surface area contributed by atoms with E-state index < -0.39 is 0 Å². The molecule has 1 aliphatic heterocycles. The number of hydrogen-bond acceptors (Lipinski definition) is 4. The number of hydrogen-bond donors (Lipinski definition) is 1. The molecule has 1 heterocycles. The van der Waals surface area contributed by atoms with Crippen LogP contribution >= 0.6 is 0 Å². The van der Waals surface area contributed by atoms with Crippen LogP contribution < -0.4 is 19.5 Å². The zero-order valence-corrected chi connectivity index (χ0v) is 14.3. The largest absolute Gasteiger partial charge is 0.496 e. The van der Waals surface area contributed by atoms with Gasteiger partial charge in [0, 0.05) is 11.8 Å². The molecule has 0 aliphatic carbocycles. The Morgan fingerprint density at radius 1 is 1.00 bits per heavy atom. The van der Waals surface area contributed by atoms with Crippen LogP contribution in [0.25, 0.3) is 0 Å². The second-order valence-electron chi connectivity index (χ2n) is 5.80. The third-order valence-electron chi connectivity index (χ3n) is 4.46. The maximum absolute atomic E-state index is 12.5. The summed E-state index contributed by atoms with van der Waals surface area (Å²) in [6, 6.07) is 9.64. The van der Waals surface area contributed by atoms with Crippen molar-refractivity contribution in [1.29, 1.82) is 0 Å². The Morgan fingerprint density at radius 2 is 1.67 bits per heavy atom. The van der Waals surface area contributed by atoms with Gasteiger partial charge >= 0.3 is 0 Å². The number of aryl methyl sites for hydroxylation is 1. The van der Waals surface area contributed by atoms with E-state index in [0.717, 1.165) is 22.4 Å². The number of amides is 1. The minimum atomic E-state index is -0.244. The molecule has 0 radical (unpaired) electrons. The van der Waals surface area contributed by atoms with Crippen LogP contribution in [0.3, 0.4) is 0 Å². The predicted octanol–water partition coefficient (Wildman–Crippen LogP) is 3.30. The first-order valence-electron chi connectivity index (χ1n) is 7.78. The molecular weight excluding hydrogens is 306 g/mol. The van der Waals surface area contributed by atoms with Gasteiger partial charge in [-0.15, -0.1) is 0 Å². The number of rotatable bonds is 5. The third kappa shape index (κ3) is 2.66. The summed E-state index contributed by atoms with van der Waals surface area (Å²) in [6.45, 7) is 2.00. The minimum absolute atomic E-state index is 0.0103. The zero-order chi connectivity index (χ0) is 17.3. The summed E-state index contributed by atoms with van der Waals surface area (Å²) in [7, 11) is 4.78. The summed E-state index contributed by atoms with van der Waals surface area (Å²) >= 11 is 0. The van der Waals surface area contributed by atoms with E-state index in [1.165, 1.54) is 0 Å². The Kier molecular flexibility index (Phi) is 4.34. The van der Waals surface area contributed by atoms with Crippen molar-refractivity contribution in [1.82, 2.24) is 0 Å². The van der Waals surface area contributed by atoms with Crippen molar-refractivity contribution in [3.8, 4) is 17.2 Å². The van der Waals surface area contributed by atoms with Crippen LogP contribution in [0.5, 0.6) is 17.2 Å². The molecular formula is C19H21NO4. The van der Waals surface area contributed by atoms with E-state index in [4.69, 9.17) is 14.2 Å². The van der Waals surface area contributed by atoms with Crippen LogP contribution in [0.1, 0.15) is 22.6 Å². The fourth-order valence-corrected chi connectivity index (χ4v) is 3.18. The van der Waals surface area contributed by atoms with Gasteiger partial charge in [0.25, 0.3) is 0 Å². The molecule has 1 unspecified atom stereocenters. The van der Waals surface area contributed by atoms with Gasteiger partial charge in [-0.25, -0.2) is 0 Å². The number of ether oxygens (including phenoxy) is 3. The topological polar surface area (TPSA) is 56.8 Å². The lowest BCUT2D eigenvalue weighted by Gasteiger charge is -2.16. The SMILES string of the molecule is COc1cc(OC)c(OC)cc1CC1C(=O)Nc2c(C)cccc21. The Morgan fingerprint density at radius 3 is 2.33 bits per heavy atom. The van der Waals surface area contributed by atoms with E-state index in [0.29, 0.717) is 23.7 Å². The van der Waals surface area contributed by atoms with Gasteiger partial charge < -0.3 is 19.5 Å². The van der Waals surface area contributed by atoms with Gasteiger partial charge in [0.2, 0.25) is 5.91 Å². The van der Waals surface area contributed by atoms with E-state index in [1.54, 1.807) is 27.4 Å². The third-order valence-corrected chi connectivity index (χ3v) is 4.46. The average molecular weight is 327 g/mol. The maximum atomic E-state index is 12.5. The van der Waals surface area contributed by atoms with E-state index in [2.05, 4.69) is 5.32 Å². The van der Waals surface area contributed by atoms with E-state index in [1.807, 2.05) is 31.2 Å². The maximum Gasteiger partial charge on any atom is 0.232 e. The minimum Gasteiger partial charge on any atom is -0.496 e. The number of carbonyl (C=O) groups excluding carboxylic acids is 1. The summed E-state index contributed by atoms with van der Waals surface area (Å²) < 4.78 is 16.2. The molecule has 126 valence electrons. The number of nitrogens with one attached hydrogen (secondary N) is 1. The molecule has 5 nitrogen and oxygen atoms in total. The van der Waals surface area contributed by atoms with Gasteiger partial charge in [-0.3, -0.25) is 4.79 Å². The smallest absolute Gasteiger partial charge is 0.232 e. The molecule has 1 amide bonds. The summed E-state index contributed by atoms with van der Waals surface area (Å²) in [6.07, 6.45) is 0.534. The normalized spacial score (nSPS) is 15.7. The van der Waals surface area contributed by atoms with Crippen molar-refractivity contribution in [3.63, 3.8) is 0 Å². The first-order valence-corrected chi connectivity index (χ1v) is 7.78. The standard InChI is InChI=1S/C19H21NO4/c1-11-6-5-7-13-14(19(21)20-18(11)13)8-12-9-16(23-3)17(24-4)10-15(12)22-2/h5-7,9-10,14H,8H2,1-4H3,(H,20,21). The van der Waals surface area contributed by atoms with Gasteiger partial charge in [-0.1, -0.05) is 18.2 Å². The number of anilines is 1. The first kappa shape index (κ1) is 16.2. The van der Waals surface area contributed by atoms with E-state index >= 15 is 0 Å². The van der Waals surface area contributed by atoms with Crippen LogP contribution in [-0.2, 0) is 11.2 Å². The van der Waals surface area contributed by atoms with Crippen molar-refractivity contribution in [3.05, 3.63) is 47.0 Å². The first-order chi connectivity index (χ1) is 11.6. The Labute approximate surface area is 141 Å². The fraction of sp³-hybridized carbons (Fsp3) is 0.316. The summed E-state index contributed by atoms with van der Waals surface area (Å²) in [5.74, 6) is 1.67. The highest BCUT2D eigenvalue weighted by molar-refractivity contribution is 6.03. The molecule has 24 heavy (non-hydrogen) atoms. The number of carbonyl (C=O) groups is 1. The quantitative estimate of drug-likeness (QED) is 0.915. The van der Waals surface area contributed by atoms with Gasteiger partial charge in [0.1, 0.15) is 5.75 Å². The van der Waals surface area contributed by atoms with Gasteiger partial charge in [0.05, 0.1) is 27.2 Å². The monoisotopic (exact) mass is 327 g/mol. The highest BCUT2D eigenvalue weighted by atomic mass is 16.5. The number of benzene rings is 2. The van der Waals surface area contributed by atoms with E-state index in [-0.39, 0.29) is 11.8 Å². The van der Waals surface area contributed by atoms with Crippen molar-refractivity contribution in [2.45, 2.75) is 19.3 Å². The molecule has 3 rings (SSSR count). The van der Waals surface area contributed by atoms with Crippen LogP contribution in [-0.4, -0.2) is 27.2 Å². The van der Waals surface area contributed by atoms with Crippen LogP contribution in [0.2, 0.25) is 0 Å². The number of para-hydroxylation sites is 1. The zero-order valence-electron chi connectivity index (χ0n) is 14.3.